The number of pyridine rings is 1. The molecular weight excluding hydrogens is 377 g/mol. The SMILES string of the molecule is Cc1ccc(CCC(NC(C)(C(N)=O)c2ccccc2)c2ccc(F)c(C)c2)cn1. The Labute approximate surface area is 177 Å². The molecular formula is C25H28FN3O. The first-order chi connectivity index (χ1) is 14.3. The summed E-state index contributed by atoms with van der Waals surface area (Å²) in [6.45, 7) is 5.49. The Bertz CT molecular complexity index is 1000. The third kappa shape index (κ3) is 4.92. The first-order valence-electron chi connectivity index (χ1n) is 10.1. The number of carbonyl (C=O) groups is 1. The average Bonchev–Trinajstić information content (AvgIpc) is 2.74. The number of amides is 1. The molecule has 0 aliphatic rings. The molecule has 3 N–H and O–H groups in total. The zero-order chi connectivity index (χ0) is 21.7. The molecule has 2 aromatic carbocycles. The van der Waals surface area contributed by atoms with Crippen molar-refractivity contribution in [2.75, 3.05) is 0 Å². The van der Waals surface area contributed by atoms with Crippen molar-refractivity contribution in [2.24, 2.45) is 5.73 Å². The van der Waals surface area contributed by atoms with Gasteiger partial charge in [-0.15, -0.1) is 0 Å². The van der Waals surface area contributed by atoms with Crippen LogP contribution in [0.25, 0.3) is 0 Å². The largest absolute Gasteiger partial charge is 0.368 e. The Balaban J connectivity index is 1.93. The normalized spacial score (nSPS) is 14.1. The van der Waals surface area contributed by atoms with Crippen LogP contribution in [0.3, 0.4) is 0 Å². The fourth-order valence-corrected chi connectivity index (χ4v) is 3.58. The number of primary amides is 1. The molecule has 0 aliphatic heterocycles. The van der Waals surface area contributed by atoms with Gasteiger partial charge < -0.3 is 5.73 Å². The van der Waals surface area contributed by atoms with E-state index in [0.29, 0.717) is 12.0 Å². The molecule has 0 saturated carbocycles. The molecule has 1 heterocycles. The minimum Gasteiger partial charge on any atom is -0.368 e. The maximum Gasteiger partial charge on any atom is 0.242 e. The molecule has 1 amide bonds. The van der Waals surface area contributed by atoms with Crippen molar-refractivity contribution in [3.8, 4) is 0 Å². The highest BCUT2D eigenvalue weighted by Crippen LogP contribution is 2.29. The lowest BCUT2D eigenvalue weighted by Crippen LogP contribution is -2.51. The molecule has 3 aromatic rings. The highest BCUT2D eigenvalue weighted by Gasteiger charge is 2.35. The van der Waals surface area contributed by atoms with Crippen LogP contribution in [0.15, 0.2) is 66.9 Å². The van der Waals surface area contributed by atoms with Crippen molar-refractivity contribution in [2.45, 2.75) is 45.2 Å². The smallest absolute Gasteiger partial charge is 0.242 e. The standard InChI is InChI=1S/C25H28FN3O/c1-17-15-20(12-13-22(17)26)23(14-11-19-10-9-18(2)28-16-19)29-25(3,24(27)30)21-7-5-4-6-8-21/h4-10,12-13,15-16,23,29H,11,14H2,1-3H3,(H2,27,30). The van der Waals surface area contributed by atoms with E-state index in [0.717, 1.165) is 28.8 Å². The molecule has 0 spiro atoms. The van der Waals surface area contributed by atoms with Crippen LogP contribution in [0.5, 0.6) is 0 Å². The van der Waals surface area contributed by atoms with E-state index in [4.69, 9.17) is 5.73 Å². The lowest BCUT2D eigenvalue weighted by Gasteiger charge is -2.33. The number of benzene rings is 2. The quantitative estimate of drug-likeness (QED) is 0.580. The Morgan fingerprint density at radius 1 is 1.13 bits per heavy atom. The monoisotopic (exact) mass is 405 g/mol. The molecule has 2 unspecified atom stereocenters. The van der Waals surface area contributed by atoms with E-state index in [1.165, 1.54) is 6.07 Å². The van der Waals surface area contributed by atoms with Gasteiger partial charge in [-0.05, 0) is 68.0 Å². The number of aryl methyl sites for hydroxylation is 3. The van der Waals surface area contributed by atoms with Crippen molar-refractivity contribution < 1.29 is 9.18 Å². The molecule has 0 bridgehead atoms. The van der Waals surface area contributed by atoms with Crippen molar-refractivity contribution in [3.05, 3.63) is 101 Å². The summed E-state index contributed by atoms with van der Waals surface area (Å²) >= 11 is 0. The van der Waals surface area contributed by atoms with Gasteiger partial charge >= 0.3 is 0 Å². The summed E-state index contributed by atoms with van der Waals surface area (Å²) in [4.78, 5) is 16.9. The van der Waals surface area contributed by atoms with Crippen LogP contribution in [-0.4, -0.2) is 10.9 Å². The number of hydrogen-bond donors (Lipinski definition) is 2. The summed E-state index contributed by atoms with van der Waals surface area (Å²) < 4.78 is 13.9. The van der Waals surface area contributed by atoms with Gasteiger partial charge in [0.2, 0.25) is 5.91 Å². The van der Waals surface area contributed by atoms with Gasteiger partial charge in [0.15, 0.2) is 0 Å². The van der Waals surface area contributed by atoms with Crippen molar-refractivity contribution in [1.29, 1.82) is 0 Å². The maximum atomic E-state index is 13.9. The van der Waals surface area contributed by atoms with Crippen LogP contribution in [0.2, 0.25) is 0 Å². The topological polar surface area (TPSA) is 68.0 Å². The van der Waals surface area contributed by atoms with Crippen LogP contribution in [0.4, 0.5) is 4.39 Å². The molecule has 30 heavy (non-hydrogen) atoms. The number of halogens is 1. The van der Waals surface area contributed by atoms with Gasteiger partial charge in [0, 0.05) is 17.9 Å². The number of rotatable bonds is 8. The van der Waals surface area contributed by atoms with Gasteiger partial charge in [-0.25, -0.2) is 4.39 Å². The second-order valence-electron chi connectivity index (χ2n) is 7.91. The van der Waals surface area contributed by atoms with E-state index in [-0.39, 0.29) is 11.9 Å². The van der Waals surface area contributed by atoms with E-state index in [1.807, 2.05) is 55.6 Å². The number of nitrogens with one attached hydrogen (secondary N) is 1. The predicted octanol–water partition coefficient (Wildman–Crippen LogP) is 4.50. The Morgan fingerprint density at radius 2 is 1.87 bits per heavy atom. The van der Waals surface area contributed by atoms with E-state index >= 15 is 0 Å². The summed E-state index contributed by atoms with van der Waals surface area (Å²) in [6.07, 6.45) is 3.32. The third-order valence-corrected chi connectivity index (χ3v) is 5.59. The average molecular weight is 406 g/mol. The molecule has 0 aliphatic carbocycles. The van der Waals surface area contributed by atoms with Gasteiger partial charge in [0.25, 0.3) is 0 Å². The van der Waals surface area contributed by atoms with Crippen LogP contribution in [0, 0.1) is 19.7 Å². The molecule has 0 fully saturated rings. The summed E-state index contributed by atoms with van der Waals surface area (Å²) in [7, 11) is 0. The zero-order valence-electron chi connectivity index (χ0n) is 17.7. The molecule has 1 aromatic heterocycles. The van der Waals surface area contributed by atoms with Crippen LogP contribution >= 0.6 is 0 Å². The number of carbonyl (C=O) groups excluding carboxylic acids is 1. The van der Waals surface area contributed by atoms with Gasteiger partial charge in [-0.3, -0.25) is 15.1 Å². The lowest BCUT2D eigenvalue weighted by atomic mass is 9.87. The van der Waals surface area contributed by atoms with Crippen molar-refractivity contribution in [3.63, 3.8) is 0 Å². The van der Waals surface area contributed by atoms with Crippen molar-refractivity contribution in [1.82, 2.24) is 10.3 Å². The van der Waals surface area contributed by atoms with Gasteiger partial charge in [-0.2, -0.15) is 0 Å². The molecule has 156 valence electrons. The highest BCUT2D eigenvalue weighted by molar-refractivity contribution is 5.85. The van der Waals surface area contributed by atoms with Gasteiger partial charge in [-0.1, -0.05) is 48.5 Å². The molecule has 2 atom stereocenters. The molecule has 3 rings (SSSR count). The first-order valence-corrected chi connectivity index (χ1v) is 10.1. The highest BCUT2D eigenvalue weighted by atomic mass is 19.1. The molecule has 0 saturated heterocycles. The lowest BCUT2D eigenvalue weighted by molar-refractivity contribution is -0.124. The second kappa shape index (κ2) is 9.18. The van der Waals surface area contributed by atoms with E-state index in [1.54, 1.807) is 19.9 Å². The summed E-state index contributed by atoms with van der Waals surface area (Å²) in [5.74, 6) is -0.713. The minimum atomic E-state index is -1.07. The maximum absolute atomic E-state index is 13.9. The van der Waals surface area contributed by atoms with Crippen LogP contribution in [0.1, 0.15) is 47.3 Å². The molecule has 0 radical (unpaired) electrons. The number of hydrogen-bond acceptors (Lipinski definition) is 3. The fraction of sp³-hybridized carbons (Fsp3) is 0.280. The summed E-state index contributed by atoms with van der Waals surface area (Å²) in [5.41, 5.74) is 9.11. The number of nitrogens with zero attached hydrogens (tertiary/aromatic N) is 1. The van der Waals surface area contributed by atoms with Crippen LogP contribution in [-0.2, 0) is 16.8 Å². The predicted molar refractivity (Wildman–Crippen MR) is 117 cm³/mol. The second-order valence-corrected chi connectivity index (χ2v) is 7.91. The van der Waals surface area contributed by atoms with Gasteiger partial charge in [0.05, 0.1) is 0 Å². The Hall–Kier alpha value is -3.05. The van der Waals surface area contributed by atoms with Crippen molar-refractivity contribution >= 4 is 5.91 Å². The summed E-state index contributed by atoms with van der Waals surface area (Å²) in [6, 6.07) is 18.3. The molecule has 5 heteroatoms. The number of nitrogens with two attached hydrogens (primary N) is 1. The Kier molecular flexibility index (Phi) is 6.63. The summed E-state index contributed by atoms with van der Waals surface area (Å²) in [5, 5.41) is 3.47. The number of aromatic nitrogens is 1. The van der Waals surface area contributed by atoms with Gasteiger partial charge in [0.1, 0.15) is 11.4 Å². The first kappa shape index (κ1) is 21.7. The van der Waals surface area contributed by atoms with E-state index in [9.17, 15) is 9.18 Å². The van der Waals surface area contributed by atoms with Crippen LogP contribution < -0.4 is 11.1 Å². The third-order valence-electron chi connectivity index (χ3n) is 5.59. The Morgan fingerprint density at radius 3 is 2.47 bits per heavy atom. The van der Waals surface area contributed by atoms with E-state index < -0.39 is 11.4 Å². The zero-order valence-corrected chi connectivity index (χ0v) is 17.7. The minimum absolute atomic E-state index is 0.205. The fourth-order valence-electron chi connectivity index (χ4n) is 3.58. The van der Waals surface area contributed by atoms with E-state index in [2.05, 4.69) is 16.4 Å². The molecule has 4 nitrogen and oxygen atoms in total.